The van der Waals surface area contributed by atoms with E-state index in [1.165, 1.54) is 25.7 Å². The van der Waals surface area contributed by atoms with Crippen LogP contribution in [0.2, 0.25) is 0 Å². The fraction of sp³-hybridized carbons (Fsp3) is 0.750. The molecule has 0 amide bonds. The van der Waals surface area contributed by atoms with Crippen molar-refractivity contribution in [2.24, 2.45) is 0 Å². The monoisotopic (exact) mass is 290 g/mol. The lowest BCUT2D eigenvalue weighted by molar-refractivity contribution is 0.120. The minimum absolute atomic E-state index is 0.167. The van der Waals surface area contributed by atoms with Crippen molar-refractivity contribution in [1.29, 1.82) is 0 Å². The smallest absolute Gasteiger partial charge is 0.187 e. The van der Waals surface area contributed by atoms with E-state index in [-0.39, 0.29) is 5.82 Å². The summed E-state index contributed by atoms with van der Waals surface area (Å²) in [4.78, 5) is 13.1. The Morgan fingerprint density at radius 1 is 0.952 bits per heavy atom. The topological polar surface area (TPSA) is 32.3 Å². The zero-order chi connectivity index (χ0) is 14.2. The van der Waals surface area contributed by atoms with Crippen LogP contribution >= 0.6 is 0 Å². The van der Waals surface area contributed by atoms with Crippen LogP contribution in [0.4, 0.5) is 10.2 Å². The first-order valence-electron chi connectivity index (χ1n) is 8.32. The van der Waals surface area contributed by atoms with Gasteiger partial charge in [-0.15, -0.1) is 0 Å². The SMILES string of the molecule is Fc1c(C2CCC2)ncnc1N1CCN(C2CCC2)CC1. The minimum atomic E-state index is -0.167. The van der Waals surface area contributed by atoms with Crippen LogP contribution in [-0.4, -0.2) is 47.1 Å². The third-order valence-electron chi connectivity index (χ3n) is 5.49. The third-order valence-corrected chi connectivity index (χ3v) is 5.49. The number of halogens is 1. The van der Waals surface area contributed by atoms with Crippen LogP contribution in [0.15, 0.2) is 6.33 Å². The van der Waals surface area contributed by atoms with Gasteiger partial charge in [0, 0.05) is 38.1 Å². The lowest BCUT2D eigenvalue weighted by Gasteiger charge is -2.43. The van der Waals surface area contributed by atoms with E-state index >= 15 is 0 Å². The van der Waals surface area contributed by atoms with Gasteiger partial charge in [0.25, 0.3) is 0 Å². The first-order valence-corrected chi connectivity index (χ1v) is 8.32. The van der Waals surface area contributed by atoms with Crippen molar-refractivity contribution in [3.63, 3.8) is 0 Å². The molecule has 0 radical (unpaired) electrons. The Morgan fingerprint density at radius 3 is 2.24 bits per heavy atom. The van der Waals surface area contributed by atoms with Crippen LogP contribution in [0.1, 0.15) is 50.1 Å². The van der Waals surface area contributed by atoms with Gasteiger partial charge in [-0.3, -0.25) is 4.90 Å². The van der Waals surface area contributed by atoms with Gasteiger partial charge in [-0.1, -0.05) is 12.8 Å². The van der Waals surface area contributed by atoms with E-state index in [0.717, 1.165) is 45.1 Å². The summed E-state index contributed by atoms with van der Waals surface area (Å²) in [6.07, 6.45) is 8.94. The van der Waals surface area contributed by atoms with Gasteiger partial charge in [0.1, 0.15) is 6.33 Å². The fourth-order valence-electron chi connectivity index (χ4n) is 3.61. The molecule has 1 aliphatic heterocycles. The molecular formula is C16H23FN4. The Kier molecular flexibility index (Phi) is 3.53. The fourth-order valence-corrected chi connectivity index (χ4v) is 3.61. The normalized spacial score (nSPS) is 24.7. The first-order chi connectivity index (χ1) is 10.3. The minimum Gasteiger partial charge on any atom is -0.352 e. The molecule has 4 nitrogen and oxygen atoms in total. The summed E-state index contributed by atoms with van der Waals surface area (Å²) < 4.78 is 14.7. The maximum Gasteiger partial charge on any atom is 0.187 e. The molecule has 21 heavy (non-hydrogen) atoms. The van der Waals surface area contributed by atoms with E-state index in [9.17, 15) is 4.39 Å². The van der Waals surface area contributed by atoms with Crippen molar-refractivity contribution < 1.29 is 4.39 Å². The molecule has 3 fully saturated rings. The Bertz CT molecular complexity index is 505. The molecule has 2 saturated carbocycles. The molecule has 5 heteroatoms. The molecule has 2 aliphatic carbocycles. The molecule has 0 N–H and O–H groups in total. The van der Waals surface area contributed by atoms with E-state index in [1.54, 1.807) is 6.33 Å². The molecule has 1 saturated heterocycles. The molecule has 1 aromatic rings. The van der Waals surface area contributed by atoms with Gasteiger partial charge in [-0.2, -0.15) is 0 Å². The van der Waals surface area contributed by atoms with Gasteiger partial charge in [0.05, 0.1) is 5.69 Å². The van der Waals surface area contributed by atoms with Crippen molar-refractivity contribution in [3.8, 4) is 0 Å². The Hall–Kier alpha value is -1.23. The maximum atomic E-state index is 14.7. The number of rotatable bonds is 3. The molecule has 0 bridgehead atoms. The highest BCUT2D eigenvalue weighted by molar-refractivity contribution is 5.42. The molecule has 4 rings (SSSR count). The van der Waals surface area contributed by atoms with Crippen molar-refractivity contribution in [2.75, 3.05) is 31.1 Å². The van der Waals surface area contributed by atoms with Crippen LogP contribution in [0, 0.1) is 5.82 Å². The number of hydrogen-bond donors (Lipinski definition) is 0. The van der Waals surface area contributed by atoms with Crippen LogP contribution in [0.3, 0.4) is 0 Å². The number of nitrogens with zero attached hydrogens (tertiary/aromatic N) is 4. The Morgan fingerprint density at radius 2 is 1.67 bits per heavy atom. The average molecular weight is 290 g/mol. The second-order valence-electron chi connectivity index (χ2n) is 6.63. The summed E-state index contributed by atoms with van der Waals surface area (Å²) in [7, 11) is 0. The standard InChI is InChI=1S/C16H23FN4/c17-14-15(12-3-1-4-12)18-11-19-16(14)21-9-7-20(8-10-21)13-5-2-6-13/h11-13H,1-10H2. The van der Waals surface area contributed by atoms with Crippen LogP contribution < -0.4 is 4.90 Å². The Balaban J connectivity index is 1.46. The highest BCUT2D eigenvalue weighted by Crippen LogP contribution is 2.38. The molecular weight excluding hydrogens is 267 g/mol. The predicted molar refractivity (Wildman–Crippen MR) is 80.0 cm³/mol. The number of piperazine rings is 1. The molecule has 0 aromatic carbocycles. The maximum absolute atomic E-state index is 14.7. The van der Waals surface area contributed by atoms with Crippen molar-refractivity contribution in [2.45, 2.75) is 50.5 Å². The highest BCUT2D eigenvalue weighted by Gasteiger charge is 2.31. The largest absolute Gasteiger partial charge is 0.352 e. The lowest BCUT2D eigenvalue weighted by Crippen LogP contribution is -2.52. The summed E-state index contributed by atoms with van der Waals surface area (Å²) in [6, 6.07) is 0.785. The molecule has 3 aliphatic rings. The van der Waals surface area contributed by atoms with Crippen molar-refractivity contribution in [1.82, 2.24) is 14.9 Å². The lowest BCUT2D eigenvalue weighted by atomic mass is 9.82. The number of anilines is 1. The molecule has 1 aromatic heterocycles. The quantitative estimate of drug-likeness (QED) is 0.856. The van der Waals surface area contributed by atoms with Gasteiger partial charge in [0.2, 0.25) is 0 Å². The summed E-state index contributed by atoms with van der Waals surface area (Å²) in [6.45, 7) is 3.84. The molecule has 2 heterocycles. The Labute approximate surface area is 125 Å². The van der Waals surface area contributed by atoms with Gasteiger partial charge in [-0.05, 0) is 25.7 Å². The summed E-state index contributed by atoms with van der Waals surface area (Å²) >= 11 is 0. The van der Waals surface area contributed by atoms with E-state index in [0.29, 0.717) is 17.4 Å². The first kappa shape index (κ1) is 13.4. The predicted octanol–water partition coefficient (Wildman–Crippen LogP) is 2.56. The second kappa shape index (κ2) is 5.52. The summed E-state index contributed by atoms with van der Waals surface area (Å²) in [5, 5.41) is 0. The van der Waals surface area contributed by atoms with E-state index in [2.05, 4.69) is 19.8 Å². The second-order valence-corrected chi connectivity index (χ2v) is 6.63. The molecule has 0 spiro atoms. The zero-order valence-corrected chi connectivity index (χ0v) is 12.5. The molecule has 0 unspecified atom stereocenters. The summed E-state index contributed by atoms with van der Waals surface area (Å²) in [5.41, 5.74) is 0.646. The number of hydrogen-bond acceptors (Lipinski definition) is 4. The van der Waals surface area contributed by atoms with E-state index in [4.69, 9.17) is 0 Å². The van der Waals surface area contributed by atoms with Gasteiger partial charge in [-0.25, -0.2) is 14.4 Å². The third kappa shape index (κ3) is 2.41. The number of aromatic nitrogens is 2. The molecule has 0 atom stereocenters. The van der Waals surface area contributed by atoms with Crippen molar-refractivity contribution in [3.05, 3.63) is 17.8 Å². The van der Waals surface area contributed by atoms with Crippen molar-refractivity contribution >= 4 is 5.82 Å². The van der Waals surface area contributed by atoms with Gasteiger partial charge >= 0.3 is 0 Å². The van der Waals surface area contributed by atoms with Crippen LogP contribution in [0.5, 0.6) is 0 Å². The highest BCUT2D eigenvalue weighted by atomic mass is 19.1. The summed E-state index contributed by atoms with van der Waals surface area (Å²) in [5.74, 6) is 0.683. The van der Waals surface area contributed by atoms with E-state index in [1.807, 2.05) is 0 Å². The van der Waals surface area contributed by atoms with Crippen LogP contribution in [0.25, 0.3) is 0 Å². The van der Waals surface area contributed by atoms with E-state index < -0.39 is 0 Å². The van der Waals surface area contributed by atoms with Gasteiger partial charge in [0.15, 0.2) is 11.6 Å². The zero-order valence-electron chi connectivity index (χ0n) is 12.5. The van der Waals surface area contributed by atoms with Gasteiger partial charge < -0.3 is 4.90 Å². The van der Waals surface area contributed by atoms with Crippen LogP contribution in [-0.2, 0) is 0 Å². The molecule has 114 valence electrons. The average Bonchev–Trinajstić information content (AvgIpc) is 2.38.